The molecule has 64 valence electrons. The Kier molecular flexibility index (Phi) is 9.51. The summed E-state index contributed by atoms with van der Waals surface area (Å²) in [7, 11) is 0. The van der Waals surface area contributed by atoms with Gasteiger partial charge in [0, 0.05) is 0 Å². The van der Waals surface area contributed by atoms with Gasteiger partial charge < -0.3 is 9.84 Å². The SMILES string of the molecule is CCCCOC(=O)C(=O)O.[SnH2]. The van der Waals surface area contributed by atoms with Gasteiger partial charge in [-0.15, -0.1) is 0 Å². The van der Waals surface area contributed by atoms with Crippen LogP contribution >= 0.6 is 0 Å². The molecule has 0 saturated heterocycles. The Balaban J connectivity index is 0. The summed E-state index contributed by atoms with van der Waals surface area (Å²) in [6, 6.07) is 0. The number of carbonyl (C=O) groups is 2. The van der Waals surface area contributed by atoms with E-state index in [1.807, 2.05) is 6.92 Å². The van der Waals surface area contributed by atoms with Crippen LogP contribution in [0.4, 0.5) is 0 Å². The quantitative estimate of drug-likeness (QED) is 0.324. The zero-order chi connectivity index (χ0) is 7.98. The first kappa shape index (κ1) is 13.3. The van der Waals surface area contributed by atoms with Gasteiger partial charge in [0.25, 0.3) is 0 Å². The van der Waals surface area contributed by atoms with Crippen LogP contribution in [0.1, 0.15) is 19.8 Å². The first-order valence-electron chi connectivity index (χ1n) is 3.08. The summed E-state index contributed by atoms with van der Waals surface area (Å²) >= 11 is 0. The Morgan fingerprint density at radius 2 is 2.00 bits per heavy atom. The van der Waals surface area contributed by atoms with Crippen molar-refractivity contribution in [2.45, 2.75) is 19.8 Å². The Bertz CT molecular complexity index is 135. The molecule has 0 bridgehead atoms. The van der Waals surface area contributed by atoms with E-state index in [-0.39, 0.29) is 30.5 Å². The number of unbranched alkanes of at least 4 members (excludes halogenated alkanes) is 1. The number of aliphatic carboxylic acids is 1. The zero-order valence-corrected chi connectivity index (χ0v) is 10.5. The van der Waals surface area contributed by atoms with Crippen molar-refractivity contribution in [1.29, 1.82) is 0 Å². The van der Waals surface area contributed by atoms with Crippen molar-refractivity contribution in [2.75, 3.05) is 6.61 Å². The molecule has 0 rings (SSSR count). The molecule has 0 fully saturated rings. The van der Waals surface area contributed by atoms with E-state index in [0.29, 0.717) is 6.42 Å². The molecule has 0 aromatic rings. The topological polar surface area (TPSA) is 63.6 Å². The summed E-state index contributed by atoms with van der Waals surface area (Å²) in [6.07, 6.45) is 1.59. The summed E-state index contributed by atoms with van der Waals surface area (Å²) in [5.74, 6) is -2.70. The minimum absolute atomic E-state index is 0. The van der Waals surface area contributed by atoms with Crippen molar-refractivity contribution in [3.05, 3.63) is 0 Å². The molecule has 0 atom stereocenters. The number of carboxylic acids is 1. The van der Waals surface area contributed by atoms with E-state index in [1.54, 1.807) is 0 Å². The van der Waals surface area contributed by atoms with Crippen molar-refractivity contribution in [3.8, 4) is 0 Å². The van der Waals surface area contributed by atoms with Crippen LogP contribution in [-0.2, 0) is 14.3 Å². The van der Waals surface area contributed by atoms with E-state index in [2.05, 4.69) is 4.74 Å². The van der Waals surface area contributed by atoms with Crippen LogP contribution in [0.3, 0.4) is 0 Å². The summed E-state index contributed by atoms with van der Waals surface area (Å²) in [6.45, 7) is 2.12. The predicted octanol–water partition coefficient (Wildman–Crippen LogP) is -0.502. The molecule has 4 nitrogen and oxygen atoms in total. The van der Waals surface area contributed by atoms with Crippen molar-refractivity contribution in [1.82, 2.24) is 0 Å². The van der Waals surface area contributed by atoms with Gasteiger partial charge in [-0.3, -0.25) is 0 Å². The van der Waals surface area contributed by atoms with Crippen molar-refractivity contribution >= 4 is 35.8 Å². The van der Waals surface area contributed by atoms with Gasteiger partial charge in [-0.2, -0.15) is 0 Å². The van der Waals surface area contributed by atoms with Gasteiger partial charge in [0.2, 0.25) is 0 Å². The van der Waals surface area contributed by atoms with E-state index in [1.165, 1.54) is 0 Å². The zero-order valence-electron chi connectivity index (χ0n) is 6.50. The summed E-state index contributed by atoms with van der Waals surface area (Å²) < 4.78 is 4.31. The number of esters is 1. The van der Waals surface area contributed by atoms with Gasteiger partial charge in [0.15, 0.2) is 0 Å². The number of hydrogen-bond acceptors (Lipinski definition) is 3. The van der Waals surface area contributed by atoms with Gasteiger partial charge in [0.05, 0.1) is 6.61 Å². The molecule has 0 aromatic heterocycles. The van der Waals surface area contributed by atoms with E-state index in [0.717, 1.165) is 6.42 Å². The molecule has 0 unspecified atom stereocenters. The number of carboxylic acid groups (broad SMARTS) is 1. The molecule has 0 spiro atoms. The molecular weight excluding hydrogens is 255 g/mol. The van der Waals surface area contributed by atoms with E-state index < -0.39 is 11.9 Å². The second-order valence-electron chi connectivity index (χ2n) is 1.79. The fourth-order valence-corrected chi connectivity index (χ4v) is 0.371. The molecular formula is C6H12O4Sn. The van der Waals surface area contributed by atoms with Crippen LogP contribution in [0, 0.1) is 0 Å². The fourth-order valence-electron chi connectivity index (χ4n) is 0.371. The Hall–Kier alpha value is -0.261. The molecule has 0 amide bonds. The summed E-state index contributed by atoms with van der Waals surface area (Å²) in [4.78, 5) is 20.0. The van der Waals surface area contributed by atoms with Crippen LogP contribution in [0.25, 0.3) is 0 Å². The van der Waals surface area contributed by atoms with Crippen LogP contribution in [0.15, 0.2) is 0 Å². The minimum atomic E-state index is -1.53. The van der Waals surface area contributed by atoms with Crippen molar-refractivity contribution in [2.24, 2.45) is 0 Å². The predicted molar refractivity (Wildman–Crippen MR) is 42.0 cm³/mol. The maximum absolute atomic E-state index is 10.2. The monoisotopic (exact) mass is 268 g/mol. The number of carbonyl (C=O) groups excluding carboxylic acids is 1. The van der Waals surface area contributed by atoms with Crippen LogP contribution in [-0.4, -0.2) is 47.6 Å². The third-order valence-corrected chi connectivity index (χ3v) is 0.906. The van der Waals surface area contributed by atoms with Crippen LogP contribution in [0.2, 0.25) is 0 Å². The number of ether oxygens (including phenoxy) is 1. The van der Waals surface area contributed by atoms with Crippen LogP contribution < -0.4 is 0 Å². The molecule has 5 heteroatoms. The van der Waals surface area contributed by atoms with Crippen molar-refractivity contribution in [3.63, 3.8) is 0 Å². The average Bonchev–Trinajstić information content (AvgIpc) is 1.88. The van der Waals surface area contributed by atoms with Gasteiger partial charge in [-0.1, -0.05) is 13.3 Å². The second-order valence-corrected chi connectivity index (χ2v) is 1.79. The normalized spacial score (nSPS) is 8.09. The summed E-state index contributed by atoms with van der Waals surface area (Å²) in [5.41, 5.74) is 0. The second kappa shape index (κ2) is 7.84. The number of hydrogen-bond donors (Lipinski definition) is 1. The first-order valence-corrected chi connectivity index (χ1v) is 3.08. The van der Waals surface area contributed by atoms with Crippen LogP contribution in [0.5, 0.6) is 0 Å². The molecule has 1 N–H and O–H groups in total. The van der Waals surface area contributed by atoms with E-state index >= 15 is 0 Å². The molecule has 2 radical (unpaired) electrons. The maximum atomic E-state index is 10.2. The fraction of sp³-hybridized carbons (Fsp3) is 0.667. The Labute approximate surface area is 81.9 Å². The van der Waals surface area contributed by atoms with E-state index in [9.17, 15) is 9.59 Å². The molecule has 11 heavy (non-hydrogen) atoms. The van der Waals surface area contributed by atoms with Gasteiger partial charge >= 0.3 is 35.8 Å². The molecule has 0 aliphatic carbocycles. The van der Waals surface area contributed by atoms with Gasteiger partial charge in [0.1, 0.15) is 0 Å². The van der Waals surface area contributed by atoms with Gasteiger partial charge in [-0.25, -0.2) is 9.59 Å². The molecule has 0 aromatic carbocycles. The average molecular weight is 267 g/mol. The Morgan fingerprint density at radius 1 is 1.45 bits per heavy atom. The molecule has 0 aliphatic heterocycles. The number of rotatable bonds is 3. The molecule has 0 heterocycles. The molecule has 0 saturated carbocycles. The van der Waals surface area contributed by atoms with Gasteiger partial charge in [-0.05, 0) is 6.42 Å². The molecule has 0 aliphatic rings. The standard InChI is InChI=1S/C6H10O4.Sn.2H/c1-2-3-4-10-6(9)5(7)8;;;/h2-4H2,1H3,(H,7,8);;;. The third kappa shape index (κ3) is 7.64. The first-order chi connectivity index (χ1) is 4.68. The third-order valence-electron chi connectivity index (χ3n) is 0.906. The van der Waals surface area contributed by atoms with E-state index in [4.69, 9.17) is 5.11 Å². The van der Waals surface area contributed by atoms with Crippen molar-refractivity contribution < 1.29 is 19.4 Å². The Morgan fingerprint density at radius 3 is 2.36 bits per heavy atom. The summed E-state index contributed by atoms with van der Waals surface area (Å²) in [5, 5.41) is 8.01.